The van der Waals surface area contributed by atoms with E-state index >= 15 is 0 Å². The molecule has 1 amide bonds. The molecule has 1 aromatic rings. The summed E-state index contributed by atoms with van der Waals surface area (Å²) in [5.74, 6) is -0.672. The number of benzene rings is 1. The van der Waals surface area contributed by atoms with Gasteiger partial charge in [-0.25, -0.2) is 0 Å². The third-order valence-corrected chi connectivity index (χ3v) is 3.23. The minimum absolute atomic E-state index is 0.179. The van der Waals surface area contributed by atoms with Gasteiger partial charge in [0.25, 0.3) is 0 Å². The van der Waals surface area contributed by atoms with Crippen molar-refractivity contribution in [2.75, 3.05) is 6.61 Å². The van der Waals surface area contributed by atoms with Gasteiger partial charge in [0.05, 0.1) is 6.61 Å². The fourth-order valence-electron chi connectivity index (χ4n) is 2.24. The molecule has 1 aromatic carbocycles. The zero-order valence-electron chi connectivity index (χ0n) is 11.9. The number of amides is 1. The van der Waals surface area contributed by atoms with Gasteiger partial charge in [-0.2, -0.15) is 0 Å². The van der Waals surface area contributed by atoms with E-state index in [2.05, 4.69) is 5.32 Å². The molecule has 6 nitrogen and oxygen atoms in total. The van der Waals surface area contributed by atoms with E-state index in [0.29, 0.717) is 13.9 Å². The average Bonchev–Trinajstić information content (AvgIpc) is 2.87. The Bertz CT molecular complexity index is 522. The number of ether oxygens (including phenoxy) is 1. The number of esters is 1. The number of rotatable bonds is 6. The first-order valence-electron chi connectivity index (χ1n) is 6.88. The summed E-state index contributed by atoms with van der Waals surface area (Å²) in [6.45, 7) is 1.51. The van der Waals surface area contributed by atoms with Crippen LogP contribution < -0.4 is 10.8 Å². The van der Waals surface area contributed by atoms with Crippen LogP contribution in [0.4, 0.5) is 0 Å². The molecule has 7 heteroatoms. The van der Waals surface area contributed by atoms with Crippen LogP contribution in [0, 0.1) is 0 Å². The first-order valence-corrected chi connectivity index (χ1v) is 6.88. The Labute approximate surface area is 123 Å². The van der Waals surface area contributed by atoms with Gasteiger partial charge in [-0.15, -0.1) is 0 Å². The maximum absolute atomic E-state index is 11.7. The maximum atomic E-state index is 11.7. The first kappa shape index (κ1) is 15.5. The number of carbonyl (C=O) groups excluding carboxylic acids is 2. The van der Waals surface area contributed by atoms with E-state index in [1.807, 2.05) is 24.3 Å². The van der Waals surface area contributed by atoms with Crippen molar-refractivity contribution in [3.63, 3.8) is 0 Å². The Hall–Kier alpha value is -1.86. The monoisotopic (exact) mass is 291 g/mol. The molecule has 0 aliphatic carbocycles. The van der Waals surface area contributed by atoms with Crippen molar-refractivity contribution in [3.05, 3.63) is 29.8 Å². The summed E-state index contributed by atoms with van der Waals surface area (Å²) in [4.78, 5) is 22.3. The molecule has 0 bridgehead atoms. The standard InChI is InChI=1S/C14H18BNO5/c1-9(17)20-8-4-7-12(18)16-14(19)13-10-5-2-3-6-11(10)15-21-13/h2-3,5-6,13-15,19H,4,7-8H2,1H3,(H,16,18). The van der Waals surface area contributed by atoms with Gasteiger partial charge < -0.3 is 19.8 Å². The van der Waals surface area contributed by atoms with Crippen LogP contribution in [-0.4, -0.2) is 37.3 Å². The molecular weight excluding hydrogens is 273 g/mol. The quantitative estimate of drug-likeness (QED) is 0.320. The number of nitrogens with one attached hydrogen (secondary N) is 1. The van der Waals surface area contributed by atoms with Gasteiger partial charge in [-0.1, -0.05) is 24.3 Å². The van der Waals surface area contributed by atoms with Crippen LogP contribution in [0.25, 0.3) is 0 Å². The van der Waals surface area contributed by atoms with Gasteiger partial charge >= 0.3 is 13.5 Å². The smallest absolute Gasteiger partial charge is 0.310 e. The molecule has 0 radical (unpaired) electrons. The van der Waals surface area contributed by atoms with E-state index in [1.165, 1.54) is 6.92 Å². The lowest BCUT2D eigenvalue weighted by molar-refractivity contribution is -0.141. The van der Waals surface area contributed by atoms with Crippen molar-refractivity contribution in [2.24, 2.45) is 0 Å². The number of aliphatic hydroxyl groups excluding tert-OH is 1. The zero-order valence-corrected chi connectivity index (χ0v) is 11.9. The predicted octanol–water partition coefficient (Wildman–Crippen LogP) is -0.487. The van der Waals surface area contributed by atoms with Crippen LogP contribution in [0.3, 0.4) is 0 Å². The highest BCUT2D eigenvalue weighted by molar-refractivity contribution is 6.49. The van der Waals surface area contributed by atoms with E-state index in [0.717, 1.165) is 11.0 Å². The van der Waals surface area contributed by atoms with Crippen molar-refractivity contribution in [1.29, 1.82) is 0 Å². The highest BCUT2D eigenvalue weighted by Gasteiger charge is 2.30. The van der Waals surface area contributed by atoms with Gasteiger partial charge in [0, 0.05) is 13.3 Å². The van der Waals surface area contributed by atoms with Gasteiger partial charge in [0.1, 0.15) is 6.10 Å². The van der Waals surface area contributed by atoms with E-state index in [9.17, 15) is 14.7 Å². The molecule has 2 atom stereocenters. The Morgan fingerprint density at radius 1 is 1.48 bits per heavy atom. The summed E-state index contributed by atoms with van der Waals surface area (Å²) < 4.78 is 10.2. The first-order chi connectivity index (χ1) is 10.1. The lowest BCUT2D eigenvalue weighted by Gasteiger charge is -2.20. The van der Waals surface area contributed by atoms with E-state index in [-0.39, 0.29) is 24.9 Å². The molecular formula is C14H18BNO5. The minimum atomic E-state index is -1.09. The second-order valence-electron chi connectivity index (χ2n) is 4.89. The Balaban J connectivity index is 1.78. The molecule has 0 spiro atoms. The summed E-state index contributed by atoms with van der Waals surface area (Å²) >= 11 is 0. The topological polar surface area (TPSA) is 84.9 Å². The average molecular weight is 291 g/mol. The van der Waals surface area contributed by atoms with Crippen LogP contribution in [0.15, 0.2) is 24.3 Å². The second kappa shape index (κ2) is 7.24. The fourth-order valence-corrected chi connectivity index (χ4v) is 2.24. The molecule has 1 aliphatic rings. The number of hydrogen-bond acceptors (Lipinski definition) is 5. The molecule has 0 fully saturated rings. The van der Waals surface area contributed by atoms with Crippen molar-refractivity contribution in [2.45, 2.75) is 32.1 Å². The Morgan fingerprint density at radius 3 is 3.00 bits per heavy atom. The lowest BCUT2D eigenvalue weighted by atomic mass is 9.87. The highest BCUT2D eigenvalue weighted by Crippen LogP contribution is 2.22. The SMILES string of the molecule is CC(=O)OCCCC(=O)NC(O)C1OBc2ccccc21. The highest BCUT2D eigenvalue weighted by atomic mass is 16.5. The Kier molecular flexibility index (Phi) is 5.35. The molecule has 2 unspecified atom stereocenters. The van der Waals surface area contributed by atoms with Crippen molar-refractivity contribution in [1.82, 2.24) is 5.32 Å². The summed E-state index contributed by atoms with van der Waals surface area (Å²) in [7, 11) is 0.431. The van der Waals surface area contributed by atoms with Gasteiger partial charge in [-0.05, 0) is 17.4 Å². The molecule has 1 aliphatic heterocycles. The van der Waals surface area contributed by atoms with Crippen LogP contribution in [0.5, 0.6) is 0 Å². The van der Waals surface area contributed by atoms with Crippen molar-refractivity contribution >= 4 is 24.8 Å². The predicted molar refractivity (Wildman–Crippen MR) is 77.1 cm³/mol. The van der Waals surface area contributed by atoms with E-state index in [4.69, 9.17) is 9.39 Å². The molecule has 1 heterocycles. The fraction of sp³-hybridized carbons (Fsp3) is 0.429. The van der Waals surface area contributed by atoms with E-state index in [1.54, 1.807) is 0 Å². The molecule has 0 aromatic heterocycles. The van der Waals surface area contributed by atoms with Gasteiger partial charge in [-0.3, -0.25) is 9.59 Å². The van der Waals surface area contributed by atoms with Crippen molar-refractivity contribution < 1.29 is 24.1 Å². The minimum Gasteiger partial charge on any atom is -0.466 e. The number of fused-ring (bicyclic) bond motifs is 1. The zero-order chi connectivity index (χ0) is 15.2. The van der Waals surface area contributed by atoms with Crippen LogP contribution >= 0.6 is 0 Å². The number of carbonyl (C=O) groups is 2. The molecule has 2 N–H and O–H groups in total. The van der Waals surface area contributed by atoms with E-state index < -0.39 is 12.3 Å². The van der Waals surface area contributed by atoms with Gasteiger partial charge in [0.15, 0.2) is 6.23 Å². The number of aliphatic hydroxyl groups is 1. The molecule has 0 saturated heterocycles. The Morgan fingerprint density at radius 2 is 2.24 bits per heavy atom. The van der Waals surface area contributed by atoms with Crippen LogP contribution in [-0.2, 0) is 19.0 Å². The normalized spacial score (nSPS) is 17.5. The van der Waals surface area contributed by atoms with Crippen LogP contribution in [0.2, 0.25) is 0 Å². The molecule has 112 valence electrons. The molecule has 0 saturated carbocycles. The maximum Gasteiger partial charge on any atom is 0.310 e. The largest absolute Gasteiger partial charge is 0.466 e. The third kappa shape index (κ3) is 4.31. The van der Waals surface area contributed by atoms with Crippen molar-refractivity contribution in [3.8, 4) is 0 Å². The third-order valence-electron chi connectivity index (χ3n) is 3.23. The summed E-state index contributed by atoms with van der Waals surface area (Å²) in [6.07, 6.45) is -1.03. The molecule has 2 rings (SSSR count). The summed E-state index contributed by atoms with van der Waals surface area (Å²) in [5.41, 5.74) is 1.91. The lowest BCUT2D eigenvalue weighted by Crippen LogP contribution is -2.39. The summed E-state index contributed by atoms with van der Waals surface area (Å²) in [5, 5.41) is 12.6. The van der Waals surface area contributed by atoms with Crippen LogP contribution in [0.1, 0.15) is 31.4 Å². The summed E-state index contributed by atoms with van der Waals surface area (Å²) in [6, 6.07) is 7.59. The molecule has 21 heavy (non-hydrogen) atoms. The number of hydrogen-bond donors (Lipinski definition) is 2. The second-order valence-corrected chi connectivity index (χ2v) is 4.89. The van der Waals surface area contributed by atoms with Gasteiger partial charge in [0.2, 0.25) is 5.91 Å².